The molecule has 2 N–H and O–H groups in total. The van der Waals surface area contributed by atoms with Crippen LogP contribution in [0.25, 0.3) is 0 Å². The van der Waals surface area contributed by atoms with Crippen LogP contribution in [0.2, 0.25) is 0 Å². The van der Waals surface area contributed by atoms with E-state index in [1.54, 1.807) is 32.8 Å². The first kappa shape index (κ1) is 30.4. The number of carbonyl (C=O) groups excluding carboxylic acids is 4. The molecule has 0 aromatic carbocycles. The number of nitrogens with one attached hydrogen (secondary N) is 2. The van der Waals surface area contributed by atoms with E-state index in [1.807, 2.05) is 13.8 Å². The van der Waals surface area contributed by atoms with Crippen LogP contribution in [0.15, 0.2) is 18.6 Å². The average Bonchev–Trinajstić information content (AvgIpc) is 3.48. The second kappa shape index (κ2) is 13.8. The zero-order chi connectivity index (χ0) is 28.7. The van der Waals surface area contributed by atoms with E-state index >= 15 is 0 Å². The highest BCUT2D eigenvalue weighted by molar-refractivity contribution is 5.97. The third-order valence-corrected chi connectivity index (χ3v) is 7.43. The molecule has 2 fully saturated rings. The SMILES string of the molecule is CCOC(=O)[C@@H]1[C@H]2CC[C@@H](OCOC)[C@H]2CN1C(=O)[C@@H](NC(=O)[C@@H](NC(=O)c1cnccn1)C(C)C)C(C)C. The summed E-state index contributed by atoms with van der Waals surface area (Å²) in [6, 6.07) is -2.59. The minimum absolute atomic E-state index is 0.0447. The van der Waals surface area contributed by atoms with Crippen molar-refractivity contribution in [1.82, 2.24) is 25.5 Å². The Hall–Kier alpha value is -3.12. The van der Waals surface area contributed by atoms with E-state index in [0.29, 0.717) is 6.54 Å². The highest BCUT2D eigenvalue weighted by Crippen LogP contribution is 2.44. The summed E-state index contributed by atoms with van der Waals surface area (Å²) in [6.45, 7) is 9.62. The maximum absolute atomic E-state index is 14.0. The smallest absolute Gasteiger partial charge is 0.329 e. The number of likely N-dealkylation sites (tertiary alicyclic amines) is 1. The number of hydrogen-bond acceptors (Lipinski definition) is 9. The zero-order valence-electron chi connectivity index (χ0n) is 23.6. The van der Waals surface area contributed by atoms with Crippen molar-refractivity contribution in [3.63, 3.8) is 0 Å². The molecule has 1 aliphatic heterocycles. The minimum atomic E-state index is -0.917. The Morgan fingerprint density at radius 2 is 1.74 bits per heavy atom. The second-order valence-electron chi connectivity index (χ2n) is 10.7. The fourth-order valence-electron chi connectivity index (χ4n) is 5.50. The van der Waals surface area contributed by atoms with E-state index < -0.39 is 35.9 Å². The third kappa shape index (κ3) is 7.10. The van der Waals surface area contributed by atoms with E-state index in [-0.39, 0.29) is 54.8 Å². The summed E-state index contributed by atoms with van der Waals surface area (Å²) in [5, 5.41) is 5.56. The van der Waals surface area contributed by atoms with Gasteiger partial charge in [-0.15, -0.1) is 0 Å². The molecule has 1 saturated heterocycles. The number of fused-ring (bicyclic) bond motifs is 1. The number of rotatable bonds is 12. The normalized spacial score (nSPS) is 23.8. The average molecular weight is 548 g/mol. The molecule has 2 aliphatic rings. The summed E-state index contributed by atoms with van der Waals surface area (Å²) in [5.74, 6) is -2.55. The molecule has 1 saturated carbocycles. The van der Waals surface area contributed by atoms with Gasteiger partial charge in [0.2, 0.25) is 11.8 Å². The predicted octanol–water partition coefficient (Wildman–Crippen LogP) is 1.16. The molecule has 0 bridgehead atoms. The lowest BCUT2D eigenvalue weighted by Crippen LogP contribution is -2.59. The van der Waals surface area contributed by atoms with Crippen LogP contribution >= 0.6 is 0 Å². The molecule has 0 spiro atoms. The number of esters is 1. The minimum Gasteiger partial charge on any atom is -0.464 e. The Bertz CT molecular complexity index is 1010. The van der Waals surface area contributed by atoms with Gasteiger partial charge in [0.25, 0.3) is 5.91 Å². The van der Waals surface area contributed by atoms with Crippen molar-refractivity contribution in [3.05, 3.63) is 24.3 Å². The van der Waals surface area contributed by atoms with Gasteiger partial charge in [-0.25, -0.2) is 9.78 Å². The lowest BCUT2D eigenvalue weighted by Gasteiger charge is -2.33. The standard InChI is InChI=1S/C27H41N5O7/c1-7-38-27(36)23-17-8-9-20(39-14-37-6)18(17)13-32(23)26(35)22(16(4)5)31-25(34)21(15(2)3)30-24(33)19-12-28-10-11-29-19/h10-12,15-18,20-23H,7-9,13-14H2,1-6H3,(H,30,33)(H,31,34)/t17-,18-,20+,21-,22-,23-/m0/s1. The Morgan fingerprint density at radius 3 is 2.33 bits per heavy atom. The third-order valence-electron chi connectivity index (χ3n) is 7.43. The van der Waals surface area contributed by atoms with Gasteiger partial charge in [-0.2, -0.15) is 0 Å². The maximum Gasteiger partial charge on any atom is 0.329 e. The molecule has 0 radical (unpaired) electrons. The van der Waals surface area contributed by atoms with Crippen LogP contribution < -0.4 is 10.6 Å². The summed E-state index contributed by atoms with van der Waals surface area (Å²) >= 11 is 0. The zero-order valence-corrected chi connectivity index (χ0v) is 23.6. The number of ether oxygens (including phenoxy) is 3. The van der Waals surface area contributed by atoms with Gasteiger partial charge in [-0.3, -0.25) is 19.4 Å². The highest BCUT2D eigenvalue weighted by atomic mass is 16.7. The molecule has 39 heavy (non-hydrogen) atoms. The molecule has 3 amide bonds. The molecule has 2 heterocycles. The molecule has 3 rings (SSSR count). The van der Waals surface area contributed by atoms with Crippen molar-refractivity contribution in [2.75, 3.05) is 27.1 Å². The summed E-state index contributed by atoms with van der Waals surface area (Å²) < 4.78 is 16.3. The van der Waals surface area contributed by atoms with Crippen LogP contribution in [-0.4, -0.2) is 89.8 Å². The molecule has 12 heteroatoms. The van der Waals surface area contributed by atoms with Crippen LogP contribution in [0.5, 0.6) is 0 Å². The number of amides is 3. The van der Waals surface area contributed by atoms with Crippen LogP contribution in [-0.2, 0) is 28.6 Å². The van der Waals surface area contributed by atoms with Gasteiger partial charge < -0.3 is 29.7 Å². The Kier molecular flexibility index (Phi) is 10.8. The van der Waals surface area contributed by atoms with Gasteiger partial charge in [0.1, 0.15) is 30.6 Å². The quantitative estimate of drug-likeness (QED) is 0.290. The Morgan fingerprint density at radius 1 is 1.03 bits per heavy atom. The summed E-state index contributed by atoms with van der Waals surface area (Å²) in [6.07, 6.45) is 5.50. The van der Waals surface area contributed by atoms with Gasteiger partial charge in [0.05, 0.1) is 18.9 Å². The van der Waals surface area contributed by atoms with Gasteiger partial charge in [0, 0.05) is 32.0 Å². The lowest BCUT2D eigenvalue weighted by molar-refractivity contribution is -0.155. The topological polar surface area (TPSA) is 149 Å². The summed E-state index contributed by atoms with van der Waals surface area (Å²) in [4.78, 5) is 62.5. The molecule has 1 aromatic heterocycles. The summed E-state index contributed by atoms with van der Waals surface area (Å²) in [7, 11) is 1.55. The van der Waals surface area contributed by atoms with Crippen LogP contribution in [0, 0.1) is 23.7 Å². The van der Waals surface area contributed by atoms with E-state index in [0.717, 1.165) is 12.8 Å². The van der Waals surface area contributed by atoms with Crippen LogP contribution in [0.4, 0.5) is 0 Å². The molecular formula is C27H41N5O7. The summed E-state index contributed by atoms with van der Waals surface area (Å²) in [5.41, 5.74) is 0.0820. The molecular weight excluding hydrogens is 506 g/mol. The number of hydrogen-bond donors (Lipinski definition) is 2. The van der Waals surface area contributed by atoms with E-state index in [1.165, 1.54) is 18.6 Å². The fourth-order valence-corrected chi connectivity index (χ4v) is 5.50. The van der Waals surface area contributed by atoms with Crippen molar-refractivity contribution < 1.29 is 33.4 Å². The van der Waals surface area contributed by atoms with Crippen molar-refractivity contribution in [2.45, 2.75) is 71.7 Å². The van der Waals surface area contributed by atoms with Gasteiger partial charge in [0.15, 0.2) is 0 Å². The Balaban J connectivity index is 1.79. The van der Waals surface area contributed by atoms with Gasteiger partial charge in [-0.1, -0.05) is 27.7 Å². The molecule has 0 unspecified atom stereocenters. The van der Waals surface area contributed by atoms with Gasteiger partial charge in [-0.05, 0) is 37.5 Å². The maximum atomic E-state index is 14.0. The number of methoxy groups -OCH3 is 1. The molecule has 12 nitrogen and oxygen atoms in total. The van der Waals surface area contributed by atoms with Crippen molar-refractivity contribution in [3.8, 4) is 0 Å². The molecule has 1 aromatic rings. The number of aromatic nitrogens is 2. The first-order chi connectivity index (χ1) is 18.6. The van der Waals surface area contributed by atoms with Gasteiger partial charge >= 0.3 is 5.97 Å². The van der Waals surface area contributed by atoms with E-state index in [9.17, 15) is 19.2 Å². The lowest BCUT2D eigenvalue weighted by atomic mass is 9.93. The number of carbonyl (C=O) groups is 4. The van der Waals surface area contributed by atoms with Crippen molar-refractivity contribution in [2.24, 2.45) is 23.7 Å². The Labute approximate surface area is 229 Å². The molecule has 216 valence electrons. The monoisotopic (exact) mass is 547 g/mol. The fraction of sp³-hybridized carbons (Fsp3) is 0.704. The van der Waals surface area contributed by atoms with E-state index in [2.05, 4.69) is 20.6 Å². The first-order valence-electron chi connectivity index (χ1n) is 13.6. The number of nitrogens with zero attached hydrogens (tertiary/aromatic N) is 3. The van der Waals surface area contributed by atoms with Crippen molar-refractivity contribution >= 4 is 23.7 Å². The highest BCUT2D eigenvalue weighted by Gasteiger charge is 2.55. The molecule has 1 aliphatic carbocycles. The predicted molar refractivity (Wildman–Crippen MR) is 140 cm³/mol. The second-order valence-corrected chi connectivity index (χ2v) is 10.7. The van der Waals surface area contributed by atoms with E-state index in [4.69, 9.17) is 14.2 Å². The van der Waals surface area contributed by atoms with Crippen molar-refractivity contribution in [1.29, 1.82) is 0 Å². The van der Waals surface area contributed by atoms with Crippen LogP contribution in [0.1, 0.15) is 57.9 Å². The largest absolute Gasteiger partial charge is 0.464 e. The van der Waals surface area contributed by atoms with Crippen LogP contribution in [0.3, 0.4) is 0 Å². The first-order valence-corrected chi connectivity index (χ1v) is 13.6. The molecule has 6 atom stereocenters.